The van der Waals surface area contributed by atoms with Crippen LogP contribution in [0, 0.1) is 6.92 Å². The Balaban J connectivity index is 1.52. The number of carbonyl (C=O) groups excluding carboxylic acids is 2. The van der Waals surface area contributed by atoms with E-state index in [-0.39, 0.29) is 5.91 Å². The van der Waals surface area contributed by atoms with E-state index in [1.54, 1.807) is 18.2 Å². The van der Waals surface area contributed by atoms with E-state index in [0.717, 1.165) is 55.4 Å². The zero-order valence-corrected chi connectivity index (χ0v) is 21.8. The van der Waals surface area contributed by atoms with Crippen molar-refractivity contribution < 1.29 is 14.3 Å². The molecule has 3 heterocycles. The molecule has 0 unspecified atom stereocenters. The first-order chi connectivity index (χ1) is 16.9. The number of nitrogens with two attached hydrogens (primary N) is 1. The number of ether oxygens (including phenoxy) is 1. The van der Waals surface area contributed by atoms with Gasteiger partial charge in [0.25, 0.3) is 5.91 Å². The summed E-state index contributed by atoms with van der Waals surface area (Å²) in [5, 5.41) is 6.30. The minimum atomic E-state index is -0.514. The van der Waals surface area contributed by atoms with E-state index in [0.29, 0.717) is 33.7 Å². The summed E-state index contributed by atoms with van der Waals surface area (Å²) in [5.74, 6) is 0.0796. The van der Waals surface area contributed by atoms with Gasteiger partial charge in [0.1, 0.15) is 5.75 Å². The molecular weight excluding hydrogens is 484 g/mol. The maximum atomic E-state index is 13.2. The van der Waals surface area contributed by atoms with Gasteiger partial charge < -0.3 is 25.6 Å². The molecule has 1 fully saturated rings. The second-order valence-corrected chi connectivity index (χ2v) is 10.0. The van der Waals surface area contributed by atoms with Crippen LogP contribution in [0.4, 0.5) is 10.8 Å². The maximum absolute atomic E-state index is 13.2. The zero-order valence-electron chi connectivity index (χ0n) is 20.2. The molecule has 0 spiro atoms. The number of primary amides is 1. The van der Waals surface area contributed by atoms with Crippen molar-refractivity contribution in [2.45, 2.75) is 27.2 Å². The van der Waals surface area contributed by atoms with Crippen molar-refractivity contribution in [1.29, 1.82) is 0 Å². The third-order valence-corrected chi connectivity index (χ3v) is 7.77. The Morgan fingerprint density at radius 1 is 1.17 bits per heavy atom. The van der Waals surface area contributed by atoms with E-state index in [1.165, 1.54) is 22.7 Å². The van der Waals surface area contributed by atoms with Crippen LogP contribution in [0.15, 0.2) is 23.6 Å². The number of hydrogen-bond donors (Lipinski definition) is 2. The summed E-state index contributed by atoms with van der Waals surface area (Å²) in [4.78, 5) is 39.2. The van der Waals surface area contributed by atoms with E-state index < -0.39 is 5.91 Å². The molecule has 1 aliphatic heterocycles. The van der Waals surface area contributed by atoms with Crippen molar-refractivity contribution in [2.75, 3.05) is 44.6 Å². The summed E-state index contributed by atoms with van der Waals surface area (Å²) in [7, 11) is 0. The van der Waals surface area contributed by atoms with Gasteiger partial charge in [-0.3, -0.25) is 9.59 Å². The van der Waals surface area contributed by atoms with Gasteiger partial charge in [-0.2, -0.15) is 0 Å². The van der Waals surface area contributed by atoms with Gasteiger partial charge in [-0.25, -0.2) is 9.97 Å². The summed E-state index contributed by atoms with van der Waals surface area (Å²) >= 11 is 2.80. The summed E-state index contributed by atoms with van der Waals surface area (Å²) in [6, 6.07) is 5.01. The molecule has 1 aliphatic rings. The number of carbonyl (C=O) groups is 2. The van der Waals surface area contributed by atoms with E-state index in [4.69, 9.17) is 15.5 Å². The number of aromatic nitrogens is 2. The lowest BCUT2D eigenvalue weighted by Gasteiger charge is -2.20. The fourth-order valence-corrected chi connectivity index (χ4v) is 5.75. The van der Waals surface area contributed by atoms with Crippen LogP contribution >= 0.6 is 22.7 Å². The van der Waals surface area contributed by atoms with Crippen LogP contribution in [-0.4, -0.2) is 70.9 Å². The summed E-state index contributed by atoms with van der Waals surface area (Å²) < 4.78 is 5.67. The largest absolute Gasteiger partial charge is 0.492 e. The van der Waals surface area contributed by atoms with Crippen LogP contribution in [0.5, 0.6) is 5.75 Å². The molecule has 0 aliphatic carbocycles. The molecule has 1 saturated heterocycles. The highest BCUT2D eigenvalue weighted by Gasteiger charge is 2.24. The van der Waals surface area contributed by atoms with Crippen LogP contribution in [0.1, 0.15) is 46.1 Å². The molecule has 0 radical (unpaired) electrons. The second-order valence-electron chi connectivity index (χ2n) is 8.18. The second kappa shape index (κ2) is 11.1. The molecule has 35 heavy (non-hydrogen) atoms. The lowest BCUT2D eigenvalue weighted by atomic mass is 10.2. The predicted molar refractivity (Wildman–Crippen MR) is 140 cm³/mol. The summed E-state index contributed by atoms with van der Waals surface area (Å²) in [5.41, 5.74) is 7.97. The first-order valence-electron chi connectivity index (χ1n) is 11.7. The smallest absolute Gasteiger partial charge is 0.282 e. The Kier molecular flexibility index (Phi) is 7.99. The van der Waals surface area contributed by atoms with E-state index in [9.17, 15) is 9.59 Å². The Hall–Kier alpha value is -3.02. The zero-order chi connectivity index (χ0) is 24.9. The maximum Gasteiger partial charge on any atom is 0.282 e. The van der Waals surface area contributed by atoms with Crippen molar-refractivity contribution in [1.82, 2.24) is 19.8 Å². The minimum Gasteiger partial charge on any atom is -0.492 e. The molecule has 0 atom stereocenters. The van der Waals surface area contributed by atoms with Gasteiger partial charge in [-0.15, -0.1) is 22.7 Å². The number of nitrogens with one attached hydrogen (secondary N) is 1. The number of aryl methyl sites for hydroxylation is 1. The molecule has 1 aromatic carbocycles. The molecular formula is C24H30N6O3S2. The van der Waals surface area contributed by atoms with E-state index in [2.05, 4.69) is 22.1 Å². The van der Waals surface area contributed by atoms with E-state index >= 15 is 0 Å². The standard InChI is InChI=1S/C24H30N6O3S2/c1-4-29-9-6-10-30(12-11-29)23(32)22-26-15(3)20(35-22)18-14-34-24(28-18)27-17-13-16(21(25)31)7-8-19(17)33-5-2/h7-8,13-14H,4-6,9-12H2,1-3H3,(H2,25,31)(H,27,28). The van der Waals surface area contributed by atoms with Crippen LogP contribution in [-0.2, 0) is 0 Å². The van der Waals surface area contributed by atoms with Gasteiger partial charge in [0.2, 0.25) is 5.91 Å². The molecule has 0 saturated carbocycles. The molecule has 9 nitrogen and oxygen atoms in total. The van der Waals surface area contributed by atoms with Crippen LogP contribution in [0.2, 0.25) is 0 Å². The topological polar surface area (TPSA) is 114 Å². The van der Waals surface area contributed by atoms with Gasteiger partial charge >= 0.3 is 0 Å². The molecule has 11 heteroatoms. The third-order valence-electron chi connectivity index (χ3n) is 5.84. The summed E-state index contributed by atoms with van der Waals surface area (Å²) in [6.07, 6.45) is 0.971. The van der Waals surface area contributed by atoms with E-state index in [1.807, 2.05) is 24.1 Å². The van der Waals surface area contributed by atoms with Crippen molar-refractivity contribution in [3.63, 3.8) is 0 Å². The number of anilines is 2. The minimum absolute atomic E-state index is 0.0134. The number of benzene rings is 1. The lowest BCUT2D eigenvalue weighted by molar-refractivity contribution is 0.0761. The average molecular weight is 515 g/mol. The van der Waals surface area contributed by atoms with Gasteiger partial charge in [0.05, 0.1) is 28.6 Å². The number of nitrogens with zero attached hydrogens (tertiary/aromatic N) is 4. The number of likely N-dealkylation sites (N-methyl/N-ethyl adjacent to an activating group) is 1. The quantitative estimate of drug-likeness (QED) is 0.467. The Morgan fingerprint density at radius 2 is 2.00 bits per heavy atom. The number of thiazole rings is 2. The average Bonchev–Trinajstić information content (AvgIpc) is 3.38. The molecule has 4 rings (SSSR count). The number of amides is 2. The first kappa shape index (κ1) is 25.1. The van der Waals surface area contributed by atoms with Gasteiger partial charge in [0, 0.05) is 30.6 Å². The highest BCUT2D eigenvalue weighted by Crippen LogP contribution is 2.35. The monoisotopic (exact) mass is 514 g/mol. The highest BCUT2D eigenvalue weighted by molar-refractivity contribution is 7.18. The Morgan fingerprint density at radius 3 is 2.74 bits per heavy atom. The number of hydrogen-bond acceptors (Lipinski definition) is 9. The van der Waals surface area contributed by atoms with Crippen LogP contribution < -0.4 is 15.8 Å². The first-order valence-corrected chi connectivity index (χ1v) is 13.4. The predicted octanol–water partition coefficient (Wildman–Crippen LogP) is 3.98. The Labute approximate surface area is 212 Å². The molecule has 3 aromatic rings. The normalized spacial score (nSPS) is 14.5. The van der Waals surface area contributed by atoms with Crippen molar-refractivity contribution in [3.8, 4) is 16.3 Å². The van der Waals surface area contributed by atoms with Crippen LogP contribution in [0.25, 0.3) is 10.6 Å². The van der Waals surface area contributed by atoms with Gasteiger partial charge in [-0.05, 0) is 51.6 Å². The SMILES string of the molecule is CCOc1ccc(C(N)=O)cc1Nc1nc(-c2sc(C(=O)N3CCCN(CC)CC3)nc2C)cs1. The molecule has 2 aromatic heterocycles. The third kappa shape index (κ3) is 5.80. The summed E-state index contributed by atoms with van der Waals surface area (Å²) in [6.45, 7) is 10.8. The van der Waals surface area contributed by atoms with Gasteiger partial charge in [0.15, 0.2) is 10.1 Å². The fourth-order valence-electron chi connectivity index (χ4n) is 3.96. The van der Waals surface area contributed by atoms with Crippen molar-refractivity contribution >= 4 is 45.3 Å². The number of rotatable bonds is 8. The molecule has 3 N–H and O–H groups in total. The lowest BCUT2D eigenvalue weighted by Crippen LogP contribution is -2.35. The Bertz CT molecular complexity index is 1210. The van der Waals surface area contributed by atoms with Gasteiger partial charge in [-0.1, -0.05) is 6.92 Å². The fraction of sp³-hybridized carbons (Fsp3) is 0.417. The molecule has 0 bridgehead atoms. The highest BCUT2D eigenvalue weighted by atomic mass is 32.1. The molecule has 186 valence electrons. The van der Waals surface area contributed by atoms with Crippen LogP contribution in [0.3, 0.4) is 0 Å². The molecule has 2 amide bonds. The van der Waals surface area contributed by atoms with Crippen molar-refractivity contribution in [2.24, 2.45) is 5.73 Å². The van der Waals surface area contributed by atoms with Crippen molar-refractivity contribution in [3.05, 3.63) is 39.8 Å².